The molecule has 20 heavy (non-hydrogen) atoms. The van der Waals surface area contributed by atoms with Gasteiger partial charge < -0.3 is 15.4 Å². The Kier molecular flexibility index (Phi) is 6.17. The van der Waals surface area contributed by atoms with Crippen molar-refractivity contribution in [2.24, 2.45) is 5.73 Å². The van der Waals surface area contributed by atoms with Gasteiger partial charge in [0.1, 0.15) is 5.82 Å². The first-order valence-corrected chi connectivity index (χ1v) is 6.98. The molecular weight excluding hydrogens is 250 g/mol. The number of hydrogen-bond donors (Lipinski definition) is 1. The molecule has 0 spiro atoms. The van der Waals surface area contributed by atoms with Crippen molar-refractivity contribution in [3.63, 3.8) is 0 Å². The number of nitrogens with zero attached hydrogens (tertiary/aromatic N) is 2. The molecule has 112 valence electrons. The fourth-order valence-electron chi connectivity index (χ4n) is 1.89. The first-order valence-electron chi connectivity index (χ1n) is 6.98. The largest absolute Gasteiger partial charge is 0.383 e. The number of anilines is 1. The van der Waals surface area contributed by atoms with Crippen LogP contribution in [0.15, 0.2) is 24.8 Å². The maximum absolute atomic E-state index is 5.81. The fraction of sp³-hybridized carbons (Fsp3) is 0.562. The molecule has 0 saturated heterocycles. The molecule has 0 radical (unpaired) electrons. The second-order valence-corrected chi connectivity index (χ2v) is 5.90. The van der Waals surface area contributed by atoms with Crippen LogP contribution in [0.3, 0.4) is 0 Å². The van der Waals surface area contributed by atoms with Gasteiger partial charge in [0, 0.05) is 37.9 Å². The first kappa shape index (κ1) is 16.7. The van der Waals surface area contributed by atoms with E-state index in [1.165, 1.54) is 0 Å². The molecule has 0 amide bonds. The van der Waals surface area contributed by atoms with Gasteiger partial charge in [-0.15, -0.1) is 6.58 Å². The summed E-state index contributed by atoms with van der Waals surface area (Å²) in [5.74, 6) is 0.940. The summed E-state index contributed by atoms with van der Waals surface area (Å²) in [6, 6.07) is 4.14. The van der Waals surface area contributed by atoms with Gasteiger partial charge in [0.2, 0.25) is 0 Å². The minimum atomic E-state index is 0.00103. The molecule has 0 aliphatic carbocycles. The minimum absolute atomic E-state index is 0.00103. The third-order valence-corrected chi connectivity index (χ3v) is 3.11. The van der Waals surface area contributed by atoms with Crippen LogP contribution < -0.4 is 10.6 Å². The SMILES string of the molecule is C=CCN(CCOC)c1cc(CN)cc(C(C)(C)C)n1. The average Bonchev–Trinajstić information content (AvgIpc) is 2.42. The topological polar surface area (TPSA) is 51.4 Å². The number of pyridine rings is 1. The maximum atomic E-state index is 5.81. The third-order valence-electron chi connectivity index (χ3n) is 3.11. The van der Waals surface area contributed by atoms with E-state index in [-0.39, 0.29) is 5.41 Å². The monoisotopic (exact) mass is 277 g/mol. The summed E-state index contributed by atoms with van der Waals surface area (Å²) in [4.78, 5) is 6.95. The van der Waals surface area contributed by atoms with Gasteiger partial charge in [0.05, 0.1) is 6.61 Å². The van der Waals surface area contributed by atoms with E-state index >= 15 is 0 Å². The lowest BCUT2D eigenvalue weighted by Crippen LogP contribution is -2.29. The molecule has 1 aromatic heterocycles. The number of nitrogens with two attached hydrogens (primary N) is 1. The Balaban J connectivity index is 3.15. The van der Waals surface area contributed by atoms with E-state index < -0.39 is 0 Å². The van der Waals surface area contributed by atoms with E-state index in [2.05, 4.69) is 44.4 Å². The van der Waals surface area contributed by atoms with E-state index in [0.717, 1.165) is 30.2 Å². The second kappa shape index (κ2) is 7.41. The van der Waals surface area contributed by atoms with Gasteiger partial charge >= 0.3 is 0 Å². The lowest BCUT2D eigenvalue weighted by atomic mass is 9.90. The summed E-state index contributed by atoms with van der Waals surface area (Å²) < 4.78 is 5.17. The molecule has 4 nitrogen and oxygen atoms in total. The molecule has 2 N–H and O–H groups in total. The van der Waals surface area contributed by atoms with Crippen molar-refractivity contribution < 1.29 is 4.74 Å². The molecule has 0 unspecified atom stereocenters. The zero-order valence-corrected chi connectivity index (χ0v) is 13.1. The van der Waals surface area contributed by atoms with Gasteiger partial charge in [-0.25, -0.2) is 4.98 Å². The maximum Gasteiger partial charge on any atom is 0.129 e. The Morgan fingerprint density at radius 3 is 2.60 bits per heavy atom. The predicted octanol–water partition coefficient (Wildman–Crippen LogP) is 2.48. The Labute approximate surface area is 122 Å². The standard InChI is InChI=1S/C16H27N3O/c1-6-7-19(8-9-20-5)15-11-13(12-17)10-14(18-15)16(2,3)4/h6,10-11H,1,7-9,12,17H2,2-5H3. The molecule has 4 heteroatoms. The van der Waals surface area contributed by atoms with Crippen molar-refractivity contribution in [1.29, 1.82) is 0 Å². The van der Waals surface area contributed by atoms with Crippen LogP contribution >= 0.6 is 0 Å². The predicted molar refractivity (Wildman–Crippen MR) is 85.1 cm³/mol. The minimum Gasteiger partial charge on any atom is -0.383 e. The van der Waals surface area contributed by atoms with Gasteiger partial charge in [-0.1, -0.05) is 26.8 Å². The first-order chi connectivity index (χ1) is 9.42. The van der Waals surface area contributed by atoms with Gasteiger partial charge in [0.25, 0.3) is 0 Å². The highest BCUT2D eigenvalue weighted by Gasteiger charge is 2.18. The number of rotatable bonds is 7. The molecule has 0 aromatic carbocycles. The van der Waals surface area contributed by atoms with Gasteiger partial charge in [-0.2, -0.15) is 0 Å². The van der Waals surface area contributed by atoms with Gasteiger partial charge in [-0.3, -0.25) is 0 Å². The quantitative estimate of drug-likeness (QED) is 0.778. The van der Waals surface area contributed by atoms with Gasteiger partial charge in [0.15, 0.2) is 0 Å². The van der Waals surface area contributed by atoms with Crippen LogP contribution in [0.2, 0.25) is 0 Å². The van der Waals surface area contributed by atoms with Gasteiger partial charge in [-0.05, 0) is 17.7 Å². The van der Waals surface area contributed by atoms with Crippen molar-refractivity contribution in [3.05, 3.63) is 36.0 Å². The normalized spacial score (nSPS) is 11.4. The summed E-state index contributed by atoms with van der Waals surface area (Å²) >= 11 is 0. The Bertz CT molecular complexity index is 438. The lowest BCUT2D eigenvalue weighted by Gasteiger charge is -2.26. The number of ether oxygens (including phenoxy) is 1. The molecule has 1 rings (SSSR count). The van der Waals surface area contributed by atoms with E-state index in [1.54, 1.807) is 7.11 Å². The van der Waals surface area contributed by atoms with Crippen LogP contribution in [0.25, 0.3) is 0 Å². The second-order valence-electron chi connectivity index (χ2n) is 5.90. The Hall–Kier alpha value is -1.39. The lowest BCUT2D eigenvalue weighted by molar-refractivity contribution is 0.205. The zero-order chi connectivity index (χ0) is 15.2. The highest BCUT2D eigenvalue weighted by Crippen LogP contribution is 2.24. The summed E-state index contributed by atoms with van der Waals surface area (Å²) in [6.07, 6.45) is 1.88. The van der Waals surface area contributed by atoms with Crippen molar-refractivity contribution in [2.45, 2.75) is 32.7 Å². The summed E-state index contributed by atoms with van der Waals surface area (Å²) in [6.45, 7) is 13.0. The van der Waals surface area contributed by atoms with Crippen molar-refractivity contribution in [1.82, 2.24) is 4.98 Å². The van der Waals surface area contributed by atoms with E-state index in [1.807, 2.05) is 6.08 Å². The van der Waals surface area contributed by atoms with Crippen LogP contribution in [-0.4, -0.2) is 31.8 Å². The molecule has 0 atom stereocenters. The molecule has 0 saturated carbocycles. The highest BCUT2D eigenvalue weighted by molar-refractivity contribution is 5.44. The molecule has 0 fully saturated rings. The fourth-order valence-corrected chi connectivity index (χ4v) is 1.89. The van der Waals surface area contributed by atoms with Crippen molar-refractivity contribution >= 4 is 5.82 Å². The molecular formula is C16H27N3O. The highest BCUT2D eigenvalue weighted by atomic mass is 16.5. The van der Waals surface area contributed by atoms with E-state index in [9.17, 15) is 0 Å². The molecule has 0 aliphatic rings. The number of aromatic nitrogens is 1. The Morgan fingerprint density at radius 2 is 2.10 bits per heavy atom. The van der Waals surface area contributed by atoms with Crippen LogP contribution in [0.1, 0.15) is 32.0 Å². The Morgan fingerprint density at radius 1 is 1.40 bits per heavy atom. The average molecular weight is 277 g/mol. The van der Waals surface area contributed by atoms with Crippen LogP contribution in [-0.2, 0) is 16.7 Å². The molecule has 0 aliphatic heterocycles. The van der Waals surface area contributed by atoms with Crippen LogP contribution in [0.4, 0.5) is 5.82 Å². The summed E-state index contributed by atoms with van der Waals surface area (Å²) in [5.41, 5.74) is 7.98. The van der Waals surface area contributed by atoms with E-state index in [4.69, 9.17) is 15.5 Å². The molecule has 0 bridgehead atoms. The van der Waals surface area contributed by atoms with Crippen molar-refractivity contribution in [2.75, 3.05) is 31.7 Å². The summed E-state index contributed by atoms with van der Waals surface area (Å²) in [7, 11) is 1.70. The smallest absolute Gasteiger partial charge is 0.129 e. The zero-order valence-electron chi connectivity index (χ0n) is 13.1. The molecule has 1 aromatic rings. The third kappa shape index (κ3) is 4.62. The van der Waals surface area contributed by atoms with Crippen LogP contribution in [0.5, 0.6) is 0 Å². The molecule has 1 heterocycles. The number of hydrogen-bond acceptors (Lipinski definition) is 4. The van der Waals surface area contributed by atoms with Crippen molar-refractivity contribution in [3.8, 4) is 0 Å². The van der Waals surface area contributed by atoms with E-state index in [0.29, 0.717) is 13.2 Å². The van der Waals surface area contributed by atoms with Crippen LogP contribution in [0, 0.1) is 0 Å². The number of methoxy groups -OCH3 is 1. The summed E-state index contributed by atoms with van der Waals surface area (Å²) in [5, 5.41) is 0.